The lowest BCUT2D eigenvalue weighted by Crippen LogP contribution is -2.15. The highest BCUT2D eigenvalue weighted by Gasteiger charge is 2.16. The smallest absolute Gasteiger partial charge is 0.258 e. The van der Waals surface area contributed by atoms with Gasteiger partial charge in [-0.2, -0.15) is 5.26 Å². The molecule has 2 aromatic rings. The lowest BCUT2D eigenvalue weighted by Gasteiger charge is -2.08. The normalized spacial score (nSPS) is 10.0. The third kappa shape index (κ3) is 3.09. The van der Waals surface area contributed by atoms with Crippen LogP contribution in [0, 0.1) is 23.0 Å². The Labute approximate surface area is 123 Å². The van der Waals surface area contributed by atoms with Gasteiger partial charge >= 0.3 is 0 Å². The number of rotatable bonds is 2. The van der Waals surface area contributed by atoms with E-state index in [-0.39, 0.29) is 16.3 Å². The molecular formula is C14H8ClF2N3O. The molecule has 0 fully saturated rings. The fourth-order valence-corrected chi connectivity index (χ4v) is 1.82. The SMILES string of the molecule is N#Cc1cc(NC(=O)c2cc(F)cc(N)c2F)ccc1Cl. The Morgan fingerprint density at radius 3 is 2.67 bits per heavy atom. The van der Waals surface area contributed by atoms with Crippen LogP contribution in [0.5, 0.6) is 0 Å². The van der Waals surface area contributed by atoms with Crippen molar-refractivity contribution in [1.29, 1.82) is 5.26 Å². The van der Waals surface area contributed by atoms with E-state index in [1.54, 1.807) is 0 Å². The van der Waals surface area contributed by atoms with Crippen molar-refractivity contribution < 1.29 is 13.6 Å². The molecule has 0 saturated heterocycles. The summed E-state index contributed by atoms with van der Waals surface area (Å²) in [7, 11) is 0. The molecule has 3 N–H and O–H groups in total. The average molecular weight is 308 g/mol. The lowest BCUT2D eigenvalue weighted by atomic mass is 10.1. The molecule has 7 heteroatoms. The number of nitrogens with zero attached hydrogens (tertiary/aromatic N) is 1. The second-order valence-electron chi connectivity index (χ2n) is 4.12. The van der Waals surface area contributed by atoms with Crippen molar-refractivity contribution in [3.8, 4) is 6.07 Å². The molecule has 0 radical (unpaired) electrons. The number of nitrogen functional groups attached to an aromatic ring is 1. The fraction of sp³-hybridized carbons (Fsp3) is 0. The summed E-state index contributed by atoms with van der Waals surface area (Å²) in [6.07, 6.45) is 0. The predicted octanol–water partition coefficient (Wildman–Crippen LogP) is 3.32. The number of amides is 1. The summed E-state index contributed by atoms with van der Waals surface area (Å²) in [6.45, 7) is 0. The Morgan fingerprint density at radius 1 is 1.29 bits per heavy atom. The van der Waals surface area contributed by atoms with Gasteiger partial charge < -0.3 is 11.1 Å². The molecule has 1 amide bonds. The molecule has 0 aliphatic rings. The van der Waals surface area contributed by atoms with E-state index in [4.69, 9.17) is 22.6 Å². The molecule has 0 saturated carbocycles. The van der Waals surface area contributed by atoms with E-state index in [9.17, 15) is 13.6 Å². The van der Waals surface area contributed by atoms with Gasteiger partial charge in [0.2, 0.25) is 0 Å². The first-order valence-corrected chi connectivity index (χ1v) is 6.05. The highest BCUT2D eigenvalue weighted by atomic mass is 35.5. The van der Waals surface area contributed by atoms with Gasteiger partial charge in [-0.25, -0.2) is 8.78 Å². The van der Waals surface area contributed by atoms with Gasteiger partial charge in [-0.3, -0.25) is 4.79 Å². The monoisotopic (exact) mass is 307 g/mol. The van der Waals surface area contributed by atoms with Gasteiger partial charge in [-0.05, 0) is 30.3 Å². The van der Waals surface area contributed by atoms with E-state index in [2.05, 4.69) is 5.32 Å². The zero-order valence-corrected chi connectivity index (χ0v) is 11.2. The summed E-state index contributed by atoms with van der Waals surface area (Å²) >= 11 is 5.76. The molecule has 0 spiro atoms. The van der Waals surface area contributed by atoms with E-state index in [1.807, 2.05) is 6.07 Å². The number of nitrogens with two attached hydrogens (primary N) is 1. The third-order valence-corrected chi connectivity index (χ3v) is 2.98. The first-order valence-electron chi connectivity index (χ1n) is 5.68. The molecule has 0 unspecified atom stereocenters. The highest BCUT2D eigenvalue weighted by Crippen LogP contribution is 2.22. The average Bonchev–Trinajstić information content (AvgIpc) is 2.44. The second-order valence-corrected chi connectivity index (χ2v) is 4.52. The highest BCUT2D eigenvalue weighted by molar-refractivity contribution is 6.31. The molecule has 106 valence electrons. The third-order valence-electron chi connectivity index (χ3n) is 2.65. The van der Waals surface area contributed by atoms with Gasteiger partial charge in [0.15, 0.2) is 5.82 Å². The van der Waals surface area contributed by atoms with Gasteiger partial charge in [0.1, 0.15) is 11.9 Å². The van der Waals surface area contributed by atoms with Crippen LogP contribution in [0.3, 0.4) is 0 Å². The first-order chi connectivity index (χ1) is 9.92. The molecule has 0 aromatic heterocycles. The molecule has 2 rings (SSSR count). The molecule has 0 bridgehead atoms. The number of hydrogen-bond acceptors (Lipinski definition) is 3. The van der Waals surface area contributed by atoms with Crippen LogP contribution in [-0.4, -0.2) is 5.91 Å². The van der Waals surface area contributed by atoms with E-state index < -0.39 is 28.8 Å². The summed E-state index contributed by atoms with van der Waals surface area (Å²) in [4.78, 5) is 11.9. The summed E-state index contributed by atoms with van der Waals surface area (Å²) < 4.78 is 26.9. The van der Waals surface area contributed by atoms with Crippen LogP contribution < -0.4 is 11.1 Å². The van der Waals surface area contributed by atoms with Crippen LogP contribution in [0.2, 0.25) is 5.02 Å². The second kappa shape index (κ2) is 5.77. The largest absolute Gasteiger partial charge is 0.396 e. The minimum Gasteiger partial charge on any atom is -0.396 e. The summed E-state index contributed by atoms with van der Waals surface area (Å²) in [5.74, 6) is -2.72. The van der Waals surface area contributed by atoms with Crippen molar-refractivity contribution in [1.82, 2.24) is 0 Å². The minimum atomic E-state index is -1.01. The van der Waals surface area contributed by atoms with Crippen LogP contribution in [0.1, 0.15) is 15.9 Å². The zero-order chi connectivity index (χ0) is 15.6. The lowest BCUT2D eigenvalue weighted by molar-refractivity contribution is 0.102. The molecule has 4 nitrogen and oxygen atoms in total. The van der Waals surface area contributed by atoms with Crippen molar-refractivity contribution in [3.63, 3.8) is 0 Å². The Kier molecular flexibility index (Phi) is 4.05. The summed E-state index contributed by atoms with van der Waals surface area (Å²) in [6, 6.07) is 7.52. The quantitative estimate of drug-likeness (QED) is 0.835. The van der Waals surface area contributed by atoms with Gasteiger partial charge in [-0.15, -0.1) is 0 Å². The van der Waals surface area contributed by atoms with Gasteiger partial charge in [0, 0.05) is 5.69 Å². The van der Waals surface area contributed by atoms with Crippen molar-refractivity contribution in [2.45, 2.75) is 0 Å². The Hall–Kier alpha value is -2.65. The van der Waals surface area contributed by atoms with E-state index in [1.165, 1.54) is 18.2 Å². The standard InChI is InChI=1S/C14H8ClF2N3O/c15-11-2-1-9(3-7(11)6-18)20-14(21)10-4-8(16)5-12(19)13(10)17/h1-5H,19H2,(H,20,21). The van der Waals surface area contributed by atoms with Gasteiger partial charge in [0.05, 0.1) is 21.8 Å². The molecule has 0 heterocycles. The van der Waals surface area contributed by atoms with Gasteiger partial charge in [-0.1, -0.05) is 11.6 Å². The van der Waals surface area contributed by atoms with E-state index in [0.717, 1.165) is 12.1 Å². The molecule has 21 heavy (non-hydrogen) atoms. The molecule has 0 aliphatic carbocycles. The summed E-state index contributed by atoms with van der Waals surface area (Å²) in [5, 5.41) is 11.4. The maximum absolute atomic E-state index is 13.7. The first kappa shape index (κ1) is 14.8. The predicted molar refractivity (Wildman–Crippen MR) is 74.9 cm³/mol. The molecule has 2 aromatic carbocycles. The van der Waals surface area contributed by atoms with Crippen LogP contribution >= 0.6 is 11.6 Å². The Balaban J connectivity index is 2.33. The van der Waals surface area contributed by atoms with E-state index >= 15 is 0 Å². The number of carbonyl (C=O) groups excluding carboxylic acids is 1. The minimum absolute atomic E-state index is 0.147. The number of carbonyl (C=O) groups is 1. The Morgan fingerprint density at radius 2 is 2.00 bits per heavy atom. The van der Waals surface area contributed by atoms with Crippen molar-refractivity contribution in [3.05, 3.63) is 58.1 Å². The summed E-state index contributed by atoms with van der Waals surface area (Å²) in [5.41, 5.74) is 4.64. The number of halogens is 3. The number of hydrogen-bond donors (Lipinski definition) is 2. The van der Waals surface area contributed by atoms with Crippen molar-refractivity contribution in [2.75, 3.05) is 11.1 Å². The molecule has 0 atom stereocenters. The number of benzene rings is 2. The number of anilines is 2. The topological polar surface area (TPSA) is 78.9 Å². The number of nitrogens with one attached hydrogen (secondary N) is 1. The van der Waals surface area contributed by atoms with Crippen molar-refractivity contribution >= 4 is 28.9 Å². The maximum atomic E-state index is 13.7. The molecular weight excluding hydrogens is 300 g/mol. The fourth-order valence-electron chi connectivity index (χ4n) is 1.66. The zero-order valence-electron chi connectivity index (χ0n) is 10.5. The van der Waals surface area contributed by atoms with Crippen molar-refractivity contribution in [2.24, 2.45) is 0 Å². The van der Waals surface area contributed by atoms with E-state index in [0.29, 0.717) is 0 Å². The van der Waals surface area contributed by atoms with Gasteiger partial charge in [0.25, 0.3) is 5.91 Å². The number of nitriles is 1. The molecule has 0 aliphatic heterocycles. The maximum Gasteiger partial charge on any atom is 0.258 e. The van der Waals surface area contributed by atoms with Crippen LogP contribution in [-0.2, 0) is 0 Å². The van der Waals surface area contributed by atoms with Crippen LogP contribution in [0.4, 0.5) is 20.2 Å². The Bertz CT molecular complexity index is 772. The van der Waals surface area contributed by atoms with Crippen LogP contribution in [0.15, 0.2) is 30.3 Å². The van der Waals surface area contributed by atoms with Crippen LogP contribution in [0.25, 0.3) is 0 Å².